The van der Waals surface area contributed by atoms with E-state index in [0.717, 1.165) is 0 Å². The minimum absolute atomic E-state index is 0.0305. The van der Waals surface area contributed by atoms with Crippen LogP contribution in [-0.4, -0.2) is 51.9 Å². The Kier molecular flexibility index (Phi) is 6.74. The van der Waals surface area contributed by atoms with Crippen LogP contribution in [0.1, 0.15) is 13.3 Å². The van der Waals surface area contributed by atoms with Crippen LogP contribution in [0.4, 0.5) is 5.69 Å². The van der Waals surface area contributed by atoms with Gasteiger partial charge in [0.25, 0.3) is 5.56 Å². The van der Waals surface area contributed by atoms with E-state index >= 15 is 0 Å². The number of carbonyl (C=O) groups is 2. The summed E-state index contributed by atoms with van der Waals surface area (Å²) in [7, 11) is 1.52. The Bertz CT molecular complexity index is 1110. The molecule has 30 heavy (non-hydrogen) atoms. The topological polar surface area (TPSA) is 106 Å². The molecule has 0 aliphatic carbocycles. The first-order valence-electron chi connectivity index (χ1n) is 9.56. The maximum Gasteiger partial charge on any atom is 0.277 e. The van der Waals surface area contributed by atoms with Gasteiger partial charge in [0.1, 0.15) is 11.3 Å². The lowest BCUT2D eigenvalue weighted by Crippen LogP contribution is -2.38. The van der Waals surface area contributed by atoms with Gasteiger partial charge < -0.3 is 15.0 Å². The maximum atomic E-state index is 12.6. The largest absolute Gasteiger partial charge is 0.495 e. The van der Waals surface area contributed by atoms with Crippen molar-refractivity contribution in [2.24, 2.45) is 0 Å². The number of methoxy groups -OCH3 is 1. The van der Waals surface area contributed by atoms with E-state index in [1.165, 1.54) is 16.7 Å². The highest BCUT2D eigenvalue weighted by Crippen LogP contribution is 2.22. The summed E-state index contributed by atoms with van der Waals surface area (Å²) in [6.45, 7) is 2.12. The number of anilines is 1. The number of rotatable bonds is 8. The molecule has 0 fully saturated rings. The van der Waals surface area contributed by atoms with Crippen LogP contribution >= 0.6 is 0 Å². The van der Waals surface area contributed by atoms with E-state index in [1.807, 2.05) is 0 Å². The van der Waals surface area contributed by atoms with E-state index in [2.05, 4.69) is 15.6 Å². The number of benzene rings is 2. The highest BCUT2D eigenvalue weighted by molar-refractivity contribution is 5.95. The fraction of sp³-hybridized carbons (Fsp3) is 0.286. The molecule has 0 saturated heterocycles. The minimum atomic E-state index is -0.336. The van der Waals surface area contributed by atoms with Crippen molar-refractivity contribution in [2.45, 2.75) is 19.9 Å². The smallest absolute Gasteiger partial charge is 0.277 e. The third-order valence-electron chi connectivity index (χ3n) is 4.62. The SMILES string of the molecule is CCN(CC(=O)Nc1ccccc1OC)C(=O)CCn1nnc2ccccc2c1=O. The third-order valence-corrected chi connectivity index (χ3v) is 4.62. The molecule has 156 valence electrons. The Hall–Kier alpha value is -3.75. The number of carbonyl (C=O) groups excluding carboxylic acids is 2. The van der Waals surface area contributed by atoms with Crippen LogP contribution in [0.2, 0.25) is 0 Å². The van der Waals surface area contributed by atoms with Gasteiger partial charge in [-0.05, 0) is 31.2 Å². The fourth-order valence-corrected chi connectivity index (χ4v) is 3.02. The molecule has 1 heterocycles. The highest BCUT2D eigenvalue weighted by atomic mass is 16.5. The molecule has 2 amide bonds. The van der Waals surface area contributed by atoms with Crippen LogP contribution < -0.4 is 15.6 Å². The number of likely N-dealkylation sites (N-methyl/N-ethyl adjacent to an activating group) is 1. The number of aromatic nitrogens is 3. The zero-order valence-electron chi connectivity index (χ0n) is 16.9. The van der Waals surface area contributed by atoms with Gasteiger partial charge in [0, 0.05) is 13.0 Å². The molecule has 0 aliphatic heterocycles. The van der Waals surface area contributed by atoms with Crippen molar-refractivity contribution < 1.29 is 14.3 Å². The molecule has 3 rings (SSSR count). The molecule has 3 aromatic rings. The molecule has 0 unspecified atom stereocenters. The first-order chi connectivity index (χ1) is 14.5. The lowest BCUT2D eigenvalue weighted by Gasteiger charge is -2.20. The van der Waals surface area contributed by atoms with Gasteiger partial charge in [0.15, 0.2) is 0 Å². The van der Waals surface area contributed by atoms with Crippen molar-refractivity contribution in [3.05, 3.63) is 58.9 Å². The number of hydrogen-bond donors (Lipinski definition) is 1. The minimum Gasteiger partial charge on any atom is -0.495 e. The van der Waals surface area contributed by atoms with Crippen molar-refractivity contribution in [1.29, 1.82) is 0 Å². The average Bonchev–Trinajstić information content (AvgIpc) is 2.77. The van der Waals surface area contributed by atoms with E-state index in [9.17, 15) is 14.4 Å². The molecule has 9 heteroatoms. The first-order valence-corrected chi connectivity index (χ1v) is 9.56. The number of fused-ring (bicyclic) bond motifs is 1. The number of ether oxygens (including phenoxy) is 1. The number of hydrogen-bond acceptors (Lipinski definition) is 6. The Morgan fingerprint density at radius 3 is 2.63 bits per heavy atom. The molecule has 1 aromatic heterocycles. The van der Waals surface area contributed by atoms with Gasteiger partial charge in [-0.15, -0.1) is 5.10 Å². The van der Waals surface area contributed by atoms with E-state index < -0.39 is 0 Å². The Labute approximate surface area is 173 Å². The standard InChI is InChI=1S/C21H23N5O4/c1-3-25(14-19(27)22-17-10-6-7-11-18(17)30-2)20(28)12-13-26-21(29)15-8-4-5-9-16(15)23-24-26/h4-11H,3,12-14H2,1-2H3,(H,22,27). The van der Waals surface area contributed by atoms with Gasteiger partial charge in [-0.3, -0.25) is 14.4 Å². The second-order valence-electron chi connectivity index (χ2n) is 6.54. The molecule has 2 aromatic carbocycles. The monoisotopic (exact) mass is 409 g/mol. The van der Waals surface area contributed by atoms with Crippen LogP contribution in [0.15, 0.2) is 53.3 Å². The summed E-state index contributed by atoms with van der Waals surface area (Å²) in [6, 6.07) is 13.9. The van der Waals surface area contributed by atoms with Gasteiger partial charge in [0.05, 0.1) is 31.3 Å². The molecule has 0 atom stereocenters. The summed E-state index contributed by atoms with van der Waals surface area (Å²) in [5, 5.41) is 11.1. The van der Waals surface area contributed by atoms with Crippen molar-refractivity contribution in [2.75, 3.05) is 25.5 Å². The third kappa shape index (κ3) is 4.80. The molecule has 1 N–H and O–H groups in total. The molecule has 0 saturated carbocycles. The molecule has 9 nitrogen and oxygen atoms in total. The molecule has 0 radical (unpaired) electrons. The van der Waals surface area contributed by atoms with Crippen molar-refractivity contribution in [1.82, 2.24) is 19.9 Å². The first kappa shape index (κ1) is 21.0. The highest BCUT2D eigenvalue weighted by Gasteiger charge is 2.17. The summed E-state index contributed by atoms with van der Waals surface area (Å²) < 4.78 is 6.38. The van der Waals surface area contributed by atoms with Gasteiger partial charge >= 0.3 is 0 Å². The van der Waals surface area contributed by atoms with Crippen LogP contribution in [-0.2, 0) is 16.1 Å². The number of aryl methyl sites for hydroxylation is 1. The average molecular weight is 409 g/mol. The van der Waals surface area contributed by atoms with Crippen LogP contribution in [0.3, 0.4) is 0 Å². The molecule has 0 bridgehead atoms. The molecule has 0 aliphatic rings. The zero-order chi connectivity index (χ0) is 21.5. The second kappa shape index (κ2) is 9.64. The van der Waals surface area contributed by atoms with Gasteiger partial charge in [-0.1, -0.05) is 29.5 Å². The van der Waals surface area contributed by atoms with Gasteiger partial charge in [-0.2, -0.15) is 0 Å². The predicted octanol–water partition coefficient (Wildman–Crippen LogP) is 1.68. The van der Waals surface area contributed by atoms with Gasteiger partial charge in [-0.25, -0.2) is 4.68 Å². The van der Waals surface area contributed by atoms with Crippen LogP contribution in [0.5, 0.6) is 5.75 Å². The Morgan fingerprint density at radius 1 is 1.13 bits per heavy atom. The zero-order valence-corrected chi connectivity index (χ0v) is 16.9. The quantitative estimate of drug-likeness (QED) is 0.607. The lowest BCUT2D eigenvalue weighted by atomic mass is 10.2. The maximum absolute atomic E-state index is 12.6. The normalized spacial score (nSPS) is 10.6. The predicted molar refractivity (Wildman–Crippen MR) is 112 cm³/mol. The molecular formula is C21H23N5O4. The van der Waals surface area contributed by atoms with Gasteiger partial charge in [0.2, 0.25) is 11.8 Å². The molecule has 0 spiro atoms. The van der Waals surface area contributed by atoms with Crippen LogP contribution in [0.25, 0.3) is 10.9 Å². The fourth-order valence-electron chi connectivity index (χ4n) is 3.02. The van der Waals surface area contributed by atoms with Crippen LogP contribution in [0, 0.1) is 0 Å². The number of nitrogens with one attached hydrogen (secondary N) is 1. The summed E-state index contributed by atoms with van der Waals surface area (Å²) >= 11 is 0. The summed E-state index contributed by atoms with van der Waals surface area (Å²) in [5.74, 6) is -0.0543. The number of nitrogens with zero attached hydrogens (tertiary/aromatic N) is 4. The summed E-state index contributed by atoms with van der Waals surface area (Å²) in [6.07, 6.45) is 0.0305. The lowest BCUT2D eigenvalue weighted by molar-refractivity contribution is -0.134. The molecular weight excluding hydrogens is 386 g/mol. The van der Waals surface area contributed by atoms with E-state index in [-0.39, 0.29) is 36.9 Å². The Balaban J connectivity index is 1.61. The van der Waals surface area contributed by atoms with E-state index in [4.69, 9.17) is 4.74 Å². The number of para-hydroxylation sites is 2. The van der Waals surface area contributed by atoms with E-state index in [0.29, 0.717) is 28.9 Å². The second-order valence-corrected chi connectivity index (χ2v) is 6.54. The van der Waals surface area contributed by atoms with Crippen molar-refractivity contribution in [3.63, 3.8) is 0 Å². The summed E-state index contributed by atoms with van der Waals surface area (Å²) in [5.41, 5.74) is 0.741. The van der Waals surface area contributed by atoms with Crippen molar-refractivity contribution >= 4 is 28.4 Å². The number of amides is 2. The van der Waals surface area contributed by atoms with Crippen molar-refractivity contribution in [3.8, 4) is 5.75 Å². The van der Waals surface area contributed by atoms with E-state index in [1.54, 1.807) is 55.5 Å². The summed E-state index contributed by atoms with van der Waals surface area (Å²) in [4.78, 5) is 38.9. The Morgan fingerprint density at radius 2 is 1.87 bits per heavy atom.